The topological polar surface area (TPSA) is 34.9 Å². The van der Waals surface area contributed by atoms with E-state index >= 15 is 0 Å². The highest BCUT2D eigenvalue weighted by molar-refractivity contribution is 5.79. The molecular formula is C13H20N2O. The normalized spacial score (nSPS) is 22.1. The third-order valence-corrected chi connectivity index (χ3v) is 3.34. The molecule has 1 atom stereocenters. The minimum Gasteiger partial charge on any atom is -0.300 e. The number of carbonyl (C=O) groups excluding carboxylic acids is 1. The van der Waals surface area contributed by atoms with Crippen LogP contribution < -0.4 is 0 Å². The Hall–Kier alpha value is -1.12. The Balaban J connectivity index is 2.14. The number of rotatable bonds is 3. The van der Waals surface area contributed by atoms with Crippen molar-refractivity contribution in [3.05, 3.63) is 18.0 Å². The van der Waals surface area contributed by atoms with Gasteiger partial charge in [0.15, 0.2) is 0 Å². The molecule has 0 aromatic carbocycles. The van der Waals surface area contributed by atoms with Gasteiger partial charge in [-0.1, -0.05) is 13.3 Å². The number of carbonyl (C=O) groups is 1. The molecule has 0 N–H and O–H groups in total. The van der Waals surface area contributed by atoms with E-state index in [9.17, 15) is 4.79 Å². The zero-order valence-electron chi connectivity index (χ0n) is 9.98. The Morgan fingerprint density at radius 2 is 2.38 bits per heavy atom. The summed E-state index contributed by atoms with van der Waals surface area (Å²) in [7, 11) is 0. The largest absolute Gasteiger partial charge is 0.300 e. The first-order chi connectivity index (χ1) is 7.81. The Bertz CT molecular complexity index is 357. The van der Waals surface area contributed by atoms with Gasteiger partial charge in [0, 0.05) is 37.2 Å². The van der Waals surface area contributed by atoms with Crippen molar-refractivity contribution in [2.75, 3.05) is 0 Å². The van der Waals surface area contributed by atoms with Crippen molar-refractivity contribution in [3.63, 3.8) is 0 Å². The van der Waals surface area contributed by atoms with E-state index < -0.39 is 0 Å². The summed E-state index contributed by atoms with van der Waals surface area (Å²) < 4.78 is 2.07. The van der Waals surface area contributed by atoms with Crippen molar-refractivity contribution in [1.82, 2.24) is 9.78 Å². The lowest BCUT2D eigenvalue weighted by molar-refractivity contribution is -0.119. The van der Waals surface area contributed by atoms with Gasteiger partial charge in [-0.15, -0.1) is 0 Å². The highest BCUT2D eigenvalue weighted by Gasteiger charge is 2.21. The highest BCUT2D eigenvalue weighted by atomic mass is 16.1. The molecule has 1 fully saturated rings. The second kappa shape index (κ2) is 5.28. The van der Waals surface area contributed by atoms with Crippen molar-refractivity contribution < 1.29 is 4.79 Å². The van der Waals surface area contributed by atoms with Gasteiger partial charge in [-0.25, -0.2) is 0 Å². The van der Waals surface area contributed by atoms with Crippen LogP contribution in [0.15, 0.2) is 12.3 Å². The number of aromatic nitrogens is 2. The van der Waals surface area contributed by atoms with Crippen LogP contribution in [0.2, 0.25) is 0 Å². The van der Waals surface area contributed by atoms with Gasteiger partial charge in [-0.2, -0.15) is 5.10 Å². The van der Waals surface area contributed by atoms with Gasteiger partial charge >= 0.3 is 0 Å². The zero-order valence-corrected chi connectivity index (χ0v) is 9.98. The SMILES string of the molecule is CCCn1nccc1C1CCCCC(=O)C1. The van der Waals surface area contributed by atoms with Crippen LogP contribution in [0.25, 0.3) is 0 Å². The Kier molecular flexibility index (Phi) is 3.75. The smallest absolute Gasteiger partial charge is 0.133 e. The van der Waals surface area contributed by atoms with E-state index in [1.54, 1.807) is 0 Å². The van der Waals surface area contributed by atoms with Crippen molar-refractivity contribution in [2.45, 2.75) is 57.9 Å². The fourth-order valence-electron chi connectivity index (χ4n) is 2.53. The second-order valence-corrected chi connectivity index (χ2v) is 4.66. The molecule has 0 bridgehead atoms. The minimum atomic E-state index is 0.407. The van der Waals surface area contributed by atoms with E-state index in [0.717, 1.165) is 38.6 Å². The predicted molar refractivity (Wildman–Crippen MR) is 63.4 cm³/mol. The van der Waals surface area contributed by atoms with E-state index in [1.165, 1.54) is 12.1 Å². The van der Waals surface area contributed by atoms with Crippen LogP contribution in [0.5, 0.6) is 0 Å². The Labute approximate surface area is 96.8 Å². The van der Waals surface area contributed by atoms with E-state index in [0.29, 0.717) is 11.7 Å². The number of Topliss-reactive ketones (excluding diaryl/α,β-unsaturated/α-hetero) is 1. The summed E-state index contributed by atoms with van der Waals surface area (Å²) in [5, 5.41) is 4.34. The number of nitrogens with zero attached hydrogens (tertiary/aromatic N) is 2. The third kappa shape index (κ3) is 2.52. The number of hydrogen-bond acceptors (Lipinski definition) is 2. The zero-order chi connectivity index (χ0) is 11.4. The van der Waals surface area contributed by atoms with Crippen LogP contribution in [0.4, 0.5) is 0 Å². The van der Waals surface area contributed by atoms with Gasteiger partial charge in [0.1, 0.15) is 5.78 Å². The molecule has 16 heavy (non-hydrogen) atoms. The summed E-state index contributed by atoms with van der Waals surface area (Å²) in [6, 6.07) is 2.08. The second-order valence-electron chi connectivity index (χ2n) is 4.66. The molecule has 0 aliphatic heterocycles. The van der Waals surface area contributed by atoms with E-state index in [-0.39, 0.29) is 0 Å². The van der Waals surface area contributed by atoms with Crippen molar-refractivity contribution >= 4 is 5.78 Å². The molecule has 0 saturated heterocycles. The van der Waals surface area contributed by atoms with Gasteiger partial charge in [0.2, 0.25) is 0 Å². The molecule has 1 unspecified atom stereocenters. The standard InChI is InChI=1S/C13H20N2O/c1-2-9-15-13(7-8-14-15)11-5-3-4-6-12(16)10-11/h7-8,11H,2-6,9-10H2,1H3. The maximum Gasteiger partial charge on any atom is 0.133 e. The first-order valence-corrected chi connectivity index (χ1v) is 6.34. The van der Waals surface area contributed by atoms with Gasteiger partial charge in [-0.05, 0) is 25.3 Å². The first-order valence-electron chi connectivity index (χ1n) is 6.34. The molecule has 3 nitrogen and oxygen atoms in total. The van der Waals surface area contributed by atoms with Crippen LogP contribution in [0, 0.1) is 0 Å². The first kappa shape index (κ1) is 11.4. The molecule has 3 heteroatoms. The van der Waals surface area contributed by atoms with Crippen molar-refractivity contribution in [1.29, 1.82) is 0 Å². The summed E-state index contributed by atoms with van der Waals surface area (Å²) in [6.07, 6.45) is 7.83. The summed E-state index contributed by atoms with van der Waals surface area (Å²) in [4.78, 5) is 11.6. The van der Waals surface area contributed by atoms with Crippen LogP contribution >= 0.6 is 0 Å². The lowest BCUT2D eigenvalue weighted by Crippen LogP contribution is -2.11. The summed E-state index contributed by atoms with van der Waals surface area (Å²) in [5.74, 6) is 0.829. The predicted octanol–water partition coefficient (Wildman–Crippen LogP) is 2.91. The van der Waals surface area contributed by atoms with E-state index in [4.69, 9.17) is 0 Å². The molecule has 0 spiro atoms. The molecular weight excluding hydrogens is 200 g/mol. The van der Waals surface area contributed by atoms with Gasteiger partial charge in [0.05, 0.1) is 0 Å². The van der Waals surface area contributed by atoms with E-state index in [1.807, 2.05) is 6.20 Å². The molecule has 1 aromatic heterocycles. The van der Waals surface area contributed by atoms with E-state index in [2.05, 4.69) is 22.8 Å². The molecule has 2 rings (SSSR count). The lowest BCUT2D eigenvalue weighted by Gasteiger charge is -2.15. The maximum absolute atomic E-state index is 11.6. The van der Waals surface area contributed by atoms with Gasteiger partial charge in [-0.3, -0.25) is 9.48 Å². The molecule has 88 valence electrons. The third-order valence-electron chi connectivity index (χ3n) is 3.34. The minimum absolute atomic E-state index is 0.407. The van der Waals surface area contributed by atoms with Gasteiger partial charge < -0.3 is 0 Å². The molecule has 1 heterocycles. The molecule has 1 aliphatic rings. The Morgan fingerprint density at radius 3 is 3.19 bits per heavy atom. The quantitative estimate of drug-likeness (QED) is 0.734. The molecule has 1 aromatic rings. The van der Waals surface area contributed by atoms with Crippen LogP contribution in [0.1, 0.15) is 57.1 Å². The fourth-order valence-corrected chi connectivity index (χ4v) is 2.53. The molecule has 0 amide bonds. The monoisotopic (exact) mass is 220 g/mol. The highest BCUT2D eigenvalue weighted by Crippen LogP contribution is 2.29. The van der Waals surface area contributed by atoms with Crippen molar-refractivity contribution in [3.8, 4) is 0 Å². The summed E-state index contributed by atoms with van der Waals surface area (Å²) >= 11 is 0. The molecule has 1 aliphatic carbocycles. The average molecular weight is 220 g/mol. The number of ketones is 1. The van der Waals surface area contributed by atoms with Gasteiger partial charge in [0.25, 0.3) is 0 Å². The van der Waals surface area contributed by atoms with Crippen LogP contribution in [0.3, 0.4) is 0 Å². The summed E-state index contributed by atoms with van der Waals surface area (Å²) in [6.45, 7) is 3.12. The maximum atomic E-state index is 11.6. The Morgan fingerprint density at radius 1 is 1.50 bits per heavy atom. The number of aryl methyl sites for hydroxylation is 1. The van der Waals surface area contributed by atoms with Crippen LogP contribution in [-0.4, -0.2) is 15.6 Å². The number of hydrogen-bond donors (Lipinski definition) is 0. The average Bonchev–Trinajstić information content (AvgIpc) is 2.61. The fraction of sp³-hybridized carbons (Fsp3) is 0.692. The summed E-state index contributed by atoms with van der Waals surface area (Å²) in [5.41, 5.74) is 1.26. The molecule has 1 saturated carbocycles. The van der Waals surface area contributed by atoms with Crippen molar-refractivity contribution in [2.24, 2.45) is 0 Å². The lowest BCUT2D eigenvalue weighted by atomic mass is 9.96. The molecule has 0 radical (unpaired) electrons. The van der Waals surface area contributed by atoms with Crippen LogP contribution in [-0.2, 0) is 11.3 Å².